The number of anilines is 1. The first kappa shape index (κ1) is 22.6. The zero-order chi connectivity index (χ0) is 22.8. The number of nitrogens with one attached hydrogen (secondary N) is 2. The molecule has 164 valence electrons. The molecule has 1 unspecified atom stereocenters. The third-order valence-electron chi connectivity index (χ3n) is 5.70. The van der Waals surface area contributed by atoms with Crippen LogP contribution in [0, 0.1) is 17.2 Å². The average Bonchev–Trinajstić information content (AvgIpc) is 2.94. The van der Waals surface area contributed by atoms with Crippen LogP contribution in [0.15, 0.2) is 18.2 Å². The average molecular weight is 447 g/mol. The zero-order valence-electron chi connectivity index (χ0n) is 17.2. The minimum atomic E-state index is -1.17. The van der Waals surface area contributed by atoms with Crippen molar-refractivity contribution in [3.63, 3.8) is 0 Å². The van der Waals surface area contributed by atoms with E-state index in [0.717, 1.165) is 17.7 Å². The molecule has 10 heteroatoms. The SMILES string of the molecule is CC1CCC2(CC1)NC(=O)N(CC(=O)OC(C)C(=O)Nc1ccc(C#N)c(Cl)c1)C2=O. The molecule has 1 aliphatic carbocycles. The summed E-state index contributed by atoms with van der Waals surface area (Å²) < 4.78 is 5.10. The van der Waals surface area contributed by atoms with Crippen LogP contribution in [-0.4, -0.2) is 46.9 Å². The van der Waals surface area contributed by atoms with Gasteiger partial charge in [0.1, 0.15) is 18.2 Å². The van der Waals surface area contributed by atoms with Crippen molar-refractivity contribution < 1.29 is 23.9 Å². The van der Waals surface area contributed by atoms with Gasteiger partial charge in [0, 0.05) is 5.69 Å². The van der Waals surface area contributed by atoms with Gasteiger partial charge < -0.3 is 15.4 Å². The van der Waals surface area contributed by atoms with Gasteiger partial charge in [-0.25, -0.2) is 4.79 Å². The minimum absolute atomic E-state index is 0.176. The van der Waals surface area contributed by atoms with E-state index in [1.807, 2.05) is 6.07 Å². The third-order valence-corrected chi connectivity index (χ3v) is 6.01. The van der Waals surface area contributed by atoms with Crippen molar-refractivity contribution in [2.45, 2.75) is 51.2 Å². The van der Waals surface area contributed by atoms with E-state index < -0.39 is 42.0 Å². The molecule has 9 nitrogen and oxygen atoms in total. The number of ether oxygens (including phenoxy) is 1. The maximum absolute atomic E-state index is 12.8. The highest BCUT2D eigenvalue weighted by molar-refractivity contribution is 6.32. The Bertz CT molecular complexity index is 965. The zero-order valence-corrected chi connectivity index (χ0v) is 18.0. The Labute approximate surface area is 184 Å². The molecule has 1 saturated heterocycles. The largest absolute Gasteiger partial charge is 0.451 e. The Balaban J connectivity index is 1.56. The second-order valence-electron chi connectivity index (χ2n) is 8.01. The summed E-state index contributed by atoms with van der Waals surface area (Å²) in [7, 11) is 0. The van der Waals surface area contributed by atoms with Crippen molar-refractivity contribution in [3.8, 4) is 6.07 Å². The molecule has 1 atom stereocenters. The Kier molecular flexibility index (Phi) is 6.51. The van der Waals surface area contributed by atoms with Crippen LogP contribution >= 0.6 is 11.6 Å². The van der Waals surface area contributed by atoms with Crippen LogP contribution < -0.4 is 10.6 Å². The maximum Gasteiger partial charge on any atom is 0.327 e. The van der Waals surface area contributed by atoms with Gasteiger partial charge in [0.15, 0.2) is 6.10 Å². The summed E-state index contributed by atoms with van der Waals surface area (Å²) in [6.45, 7) is 2.90. The number of nitriles is 1. The molecule has 1 aliphatic heterocycles. The molecule has 4 amide bonds. The van der Waals surface area contributed by atoms with E-state index >= 15 is 0 Å². The number of hydrogen-bond donors (Lipinski definition) is 2. The van der Waals surface area contributed by atoms with Gasteiger partial charge in [-0.05, 0) is 56.7 Å². The Morgan fingerprint density at radius 1 is 1.39 bits per heavy atom. The molecule has 1 aromatic rings. The number of esters is 1. The topological polar surface area (TPSA) is 129 Å². The molecule has 1 spiro atoms. The molecule has 2 aliphatic rings. The van der Waals surface area contributed by atoms with Gasteiger partial charge in [-0.3, -0.25) is 19.3 Å². The number of carbonyl (C=O) groups excluding carboxylic acids is 4. The Hall–Kier alpha value is -3.12. The predicted molar refractivity (Wildman–Crippen MR) is 111 cm³/mol. The number of halogens is 1. The molecule has 31 heavy (non-hydrogen) atoms. The highest BCUT2D eigenvalue weighted by Crippen LogP contribution is 2.36. The molecule has 2 N–H and O–H groups in total. The molecular weight excluding hydrogens is 424 g/mol. The number of hydrogen-bond acceptors (Lipinski definition) is 6. The first-order chi connectivity index (χ1) is 14.6. The van der Waals surface area contributed by atoms with Crippen LogP contribution in [-0.2, 0) is 19.1 Å². The van der Waals surface area contributed by atoms with Crippen LogP contribution in [0.4, 0.5) is 10.5 Å². The van der Waals surface area contributed by atoms with Crippen molar-refractivity contribution in [3.05, 3.63) is 28.8 Å². The van der Waals surface area contributed by atoms with Crippen molar-refractivity contribution in [1.29, 1.82) is 5.26 Å². The minimum Gasteiger partial charge on any atom is -0.451 e. The molecule has 2 fully saturated rings. The summed E-state index contributed by atoms with van der Waals surface area (Å²) in [5.41, 5.74) is -0.348. The predicted octanol–water partition coefficient (Wildman–Crippen LogP) is 2.58. The molecule has 1 saturated carbocycles. The molecular formula is C21H23ClN4O5. The second-order valence-corrected chi connectivity index (χ2v) is 8.42. The van der Waals surface area contributed by atoms with Crippen LogP contribution in [0.3, 0.4) is 0 Å². The number of imide groups is 1. The van der Waals surface area contributed by atoms with Gasteiger partial charge >= 0.3 is 12.0 Å². The van der Waals surface area contributed by atoms with Crippen molar-refractivity contribution >= 4 is 41.1 Å². The van der Waals surface area contributed by atoms with E-state index in [4.69, 9.17) is 21.6 Å². The summed E-state index contributed by atoms with van der Waals surface area (Å²) in [4.78, 5) is 50.5. The second kappa shape index (κ2) is 8.94. The number of amides is 4. The van der Waals surface area contributed by atoms with Crippen LogP contribution in [0.1, 0.15) is 45.1 Å². The monoisotopic (exact) mass is 446 g/mol. The van der Waals surface area contributed by atoms with Crippen LogP contribution in [0.5, 0.6) is 0 Å². The fourth-order valence-corrected chi connectivity index (χ4v) is 3.98. The summed E-state index contributed by atoms with van der Waals surface area (Å²) in [5, 5.41) is 14.3. The van der Waals surface area contributed by atoms with Crippen LogP contribution in [0.25, 0.3) is 0 Å². The van der Waals surface area contributed by atoms with Gasteiger partial charge in [-0.15, -0.1) is 0 Å². The molecule has 0 bridgehead atoms. The van der Waals surface area contributed by atoms with Gasteiger partial charge in [-0.1, -0.05) is 18.5 Å². The standard InChI is InChI=1S/C21H23ClN4O5/c1-12-5-7-21(8-6-12)19(29)26(20(30)25-21)11-17(27)31-13(2)18(28)24-15-4-3-14(10-23)16(22)9-15/h3-4,9,12-13H,5-8,11H2,1-2H3,(H,24,28)(H,25,30). The molecule has 1 heterocycles. The lowest BCUT2D eigenvalue weighted by Crippen LogP contribution is -2.49. The maximum atomic E-state index is 12.8. The normalized spacial score (nSPS) is 23.8. The van der Waals surface area contributed by atoms with E-state index in [0.29, 0.717) is 24.4 Å². The number of rotatable bonds is 5. The van der Waals surface area contributed by atoms with E-state index in [9.17, 15) is 19.2 Å². The van der Waals surface area contributed by atoms with E-state index in [-0.39, 0.29) is 10.6 Å². The summed E-state index contributed by atoms with van der Waals surface area (Å²) in [6.07, 6.45) is 1.54. The Morgan fingerprint density at radius 2 is 2.06 bits per heavy atom. The fourth-order valence-electron chi connectivity index (χ4n) is 3.76. The Morgan fingerprint density at radius 3 is 2.68 bits per heavy atom. The highest BCUT2D eigenvalue weighted by atomic mass is 35.5. The number of urea groups is 1. The van der Waals surface area contributed by atoms with Crippen molar-refractivity contribution in [1.82, 2.24) is 10.2 Å². The smallest absolute Gasteiger partial charge is 0.327 e. The molecule has 1 aromatic carbocycles. The highest BCUT2D eigenvalue weighted by Gasteiger charge is 2.52. The van der Waals surface area contributed by atoms with Gasteiger partial charge in [-0.2, -0.15) is 5.26 Å². The van der Waals surface area contributed by atoms with E-state index in [2.05, 4.69) is 17.6 Å². The first-order valence-electron chi connectivity index (χ1n) is 9.99. The van der Waals surface area contributed by atoms with E-state index in [1.54, 1.807) is 0 Å². The van der Waals surface area contributed by atoms with Crippen LogP contribution in [0.2, 0.25) is 5.02 Å². The van der Waals surface area contributed by atoms with Gasteiger partial charge in [0.05, 0.1) is 10.6 Å². The number of benzene rings is 1. The van der Waals surface area contributed by atoms with Crippen molar-refractivity contribution in [2.24, 2.45) is 5.92 Å². The molecule has 0 radical (unpaired) electrons. The third kappa shape index (κ3) is 4.80. The lowest BCUT2D eigenvalue weighted by Gasteiger charge is -2.33. The van der Waals surface area contributed by atoms with Gasteiger partial charge in [0.25, 0.3) is 11.8 Å². The summed E-state index contributed by atoms with van der Waals surface area (Å²) in [5.74, 6) is -1.43. The summed E-state index contributed by atoms with van der Waals surface area (Å²) in [6, 6.07) is 5.64. The quantitative estimate of drug-likeness (QED) is 0.528. The number of carbonyl (C=O) groups is 4. The lowest BCUT2D eigenvalue weighted by atomic mass is 9.77. The van der Waals surface area contributed by atoms with E-state index in [1.165, 1.54) is 25.1 Å². The lowest BCUT2D eigenvalue weighted by molar-refractivity contribution is -0.155. The fraction of sp³-hybridized carbons (Fsp3) is 0.476. The molecule has 0 aromatic heterocycles. The van der Waals surface area contributed by atoms with Gasteiger partial charge in [0.2, 0.25) is 0 Å². The first-order valence-corrected chi connectivity index (χ1v) is 10.4. The van der Waals surface area contributed by atoms with Crippen molar-refractivity contribution in [2.75, 3.05) is 11.9 Å². The summed E-state index contributed by atoms with van der Waals surface area (Å²) >= 11 is 5.93. The molecule has 3 rings (SSSR count). The number of nitrogens with zero attached hydrogens (tertiary/aromatic N) is 2.